The van der Waals surface area contributed by atoms with Crippen molar-refractivity contribution in [1.82, 2.24) is 29.8 Å². The number of anilines is 1. The van der Waals surface area contributed by atoms with Crippen LogP contribution in [0.4, 0.5) is 5.82 Å². The Morgan fingerprint density at radius 1 is 1.21 bits per heavy atom. The van der Waals surface area contributed by atoms with Gasteiger partial charge in [0.15, 0.2) is 40.9 Å². The van der Waals surface area contributed by atoms with Gasteiger partial charge >= 0.3 is 0 Å². The second-order valence-electron chi connectivity index (χ2n) is 7.23. The van der Waals surface area contributed by atoms with Crippen LogP contribution in [0.2, 0.25) is 0 Å². The number of methoxy groups -OCH3 is 2. The predicted molar refractivity (Wildman–Crippen MR) is 116 cm³/mol. The lowest BCUT2D eigenvalue weighted by molar-refractivity contribution is -0.137. The average molecular weight is 459 g/mol. The molecule has 3 aromatic heterocycles. The van der Waals surface area contributed by atoms with Gasteiger partial charge in [-0.05, 0) is 13.0 Å². The third-order valence-electron chi connectivity index (χ3n) is 5.27. The summed E-state index contributed by atoms with van der Waals surface area (Å²) in [6.45, 7) is 2.11. The van der Waals surface area contributed by atoms with Crippen LogP contribution in [0.15, 0.2) is 18.6 Å². The zero-order chi connectivity index (χ0) is 23.7. The zero-order valence-corrected chi connectivity index (χ0v) is 18.5. The molecule has 4 unspecified atom stereocenters. The Labute approximate surface area is 188 Å². The van der Waals surface area contributed by atoms with Crippen molar-refractivity contribution < 1.29 is 29.2 Å². The maximum atomic E-state index is 12.2. The number of fused-ring (bicyclic) bond motifs is 1. The minimum Gasteiger partial charge on any atom is -0.491 e. The average Bonchev–Trinajstić information content (AvgIpc) is 3.38. The van der Waals surface area contributed by atoms with Crippen molar-refractivity contribution in [3.05, 3.63) is 18.6 Å². The number of hydrogen-bond acceptors (Lipinski definition) is 11. The first-order valence-corrected chi connectivity index (χ1v) is 10.2. The van der Waals surface area contributed by atoms with Gasteiger partial charge < -0.3 is 35.1 Å². The van der Waals surface area contributed by atoms with E-state index in [4.69, 9.17) is 14.2 Å². The maximum Gasteiger partial charge on any atom is 0.256 e. The molecule has 0 aromatic carbocycles. The van der Waals surface area contributed by atoms with Crippen LogP contribution in [0.1, 0.15) is 13.2 Å². The van der Waals surface area contributed by atoms with Crippen LogP contribution in [0.3, 0.4) is 0 Å². The highest BCUT2D eigenvalue weighted by Gasteiger charge is 2.47. The summed E-state index contributed by atoms with van der Waals surface area (Å²) in [5.41, 5.74) is 1.29. The summed E-state index contributed by atoms with van der Waals surface area (Å²) in [6.07, 6.45) is -2.17. The van der Waals surface area contributed by atoms with Crippen molar-refractivity contribution >= 4 is 22.9 Å². The molecule has 1 aliphatic heterocycles. The van der Waals surface area contributed by atoms with Gasteiger partial charge in [0.05, 0.1) is 20.5 Å². The quantitative estimate of drug-likeness (QED) is 0.366. The molecule has 3 aromatic rings. The van der Waals surface area contributed by atoms with Crippen LogP contribution < -0.4 is 20.1 Å². The van der Waals surface area contributed by atoms with E-state index in [1.54, 1.807) is 26.2 Å². The molecule has 4 atom stereocenters. The van der Waals surface area contributed by atoms with Crippen molar-refractivity contribution in [2.45, 2.75) is 31.5 Å². The number of carbonyl (C=O) groups is 1. The van der Waals surface area contributed by atoms with Gasteiger partial charge in [-0.3, -0.25) is 9.36 Å². The number of rotatable bonds is 7. The molecule has 4 rings (SSSR count). The van der Waals surface area contributed by atoms with Crippen molar-refractivity contribution in [3.8, 4) is 23.0 Å². The summed E-state index contributed by atoms with van der Waals surface area (Å²) >= 11 is 0. The fourth-order valence-corrected chi connectivity index (χ4v) is 3.64. The summed E-state index contributed by atoms with van der Waals surface area (Å²) in [7, 11) is 4.67. The molecule has 1 saturated heterocycles. The SMILES string of the molecule is CCNC(=O)C1OC(n2cnc3c(NC)nc(-c4cnc(OC)c(OC)c4)nc32)C(O)C1O. The molecule has 1 aliphatic rings. The molecule has 0 spiro atoms. The third kappa shape index (κ3) is 3.90. The molecule has 0 radical (unpaired) electrons. The number of pyridine rings is 1. The monoisotopic (exact) mass is 459 g/mol. The highest BCUT2D eigenvalue weighted by Crippen LogP contribution is 2.34. The van der Waals surface area contributed by atoms with Gasteiger partial charge in [0, 0.05) is 25.4 Å². The number of hydrogen-bond donors (Lipinski definition) is 4. The molecular weight excluding hydrogens is 434 g/mol. The summed E-state index contributed by atoms with van der Waals surface area (Å²) in [6, 6.07) is 1.68. The Hall–Kier alpha value is -3.55. The highest BCUT2D eigenvalue weighted by atomic mass is 16.6. The van der Waals surface area contributed by atoms with Crippen molar-refractivity contribution in [3.63, 3.8) is 0 Å². The molecular formula is C20H25N7O6. The van der Waals surface area contributed by atoms with Crippen molar-refractivity contribution in [1.29, 1.82) is 0 Å². The van der Waals surface area contributed by atoms with Crippen LogP contribution in [-0.2, 0) is 9.53 Å². The van der Waals surface area contributed by atoms with Gasteiger partial charge in [0.25, 0.3) is 11.8 Å². The van der Waals surface area contributed by atoms with E-state index in [9.17, 15) is 15.0 Å². The molecule has 0 aliphatic carbocycles. The normalized spacial score (nSPS) is 22.4. The van der Waals surface area contributed by atoms with Gasteiger partial charge in [-0.2, -0.15) is 0 Å². The largest absolute Gasteiger partial charge is 0.491 e. The Bertz CT molecular complexity index is 1170. The van der Waals surface area contributed by atoms with Crippen molar-refractivity contribution in [2.75, 3.05) is 33.1 Å². The molecule has 4 heterocycles. The van der Waals surface area contributed by atoms with Gasteiger partial charge in [-0.1, -0.05) is 0 Å². The minimum absolute atomic E-state index is 0.301. The number of aromatic nitrogens is 5. The molecule has 33 heavy (non-hydrogen) atoms. The molecule has 13 nitrogen and oxygen atoms in total. The van der Waals surface area contributed by atoms with E-state index in [2.05, 4.69) is 30.6 Å². The summed E-state index contributed by atoms with van der Waals surface area (Å²) < 4.78 is 17.7. The fraction of sp³-hybridized carbons (Fsp3) is 0.450. The molecule has 4 N–H and O–H groups in total. The first-order chi connectivity index (χ1) is 15.9. The van der Waals surface area contributed by atoms with Gasteiger partial charge in [0.2, 0.25) is 0 Å². The van der Waals surface area contributed by atoms with Crippen molar-refractivity contribution in [2.24, 2.45) is 0 Å². The number of likely N-dealkylation sites (N-methyl/N-ethyl adjacent to an activating group) is 1. The van der Waals surface area contributed by atoms with Gasteiger partial charge in [0.1, 0.15) is 12.2 Å². The Balaban J connectivity index is 1.78. The minimum atomic E-state index is -1.42. The van der Waals surface area contributed by atoms with E-state index in [1.165, 1.54) is 25.1 Å². The molecule has 13 heteroatoms. The number of amides is 1. The standard InChI is InChI=1S/C20H25N7O6/c1-5-22-18(30)14-12(28)13(29)20(33-14)27-8-24-11-16(21-2)25-15(26-17(11)27)9-6-10(31-3)19(32-4)23-7-9/h6-8,12-14,20,28-29H,5H2,1-4H3,(H,22,30)(H,21,25,26). The number of nitrogens with one attached hydrogen (secondary N) is 2. The summed E-state index contributed by atoms with van der Waals surface area (Å²) in [5, 5.41) is 26.6. The Morgan fingerprint density at radius 2 is 2.00 bits per heavy atom. The molecule has 1 amide bonds. The van der Waals surface area contributed by atoms with Crippen LogP contribution in [0.5, 0.6) is 11.6 Å². The molecule has 0 bridgehead atoms. The van der Waals surface area contributed by atoms with E-state index in [1.807, 2.05) is 0 Å². The third-order valence-corrected chi connectivity index (χ3v) is 5.27. The first-order valence-electron chi connectivity index (χ1n) is 10.2. The number of carbonyl (C=O) groups excluding carboxylic acids is 1. The Kier molecular flexibility index (Phi) is 6.26. The van der Waals surface area contributed by atoms with Crippen LogP contribution in [-0.4, -0.2) is 86.7 Å². The fourth-order valence-electron chi connectivity index (χ4n) is 3.64. The predicted octanol–water partition coefficient (Wildman–Crippen LogP) is -0.297. The van der Waals surface area contributed by atoms with E-state index in [0.717, 1.165) is 0 Å². The van der Waals surface area contributed by atoms with E-state index < -0.39 is 30.4 Å². The molecule has 0 saturated carbocycles. The number of nitrogens with zero attached hydrogens (tertiary/aromatic N) is 5. The van der Waals surface area contributed by atoms with Crippen LogP contribution in [0, 0.1) is 0 Å². The Morgan fingerprint density at radius 3 is 2.67 bits per heavy atom. The van der Waals surface area contributed by atoms with E-state index in [0.29, 0.717) is 46.5 Å². The highest BCUT2D eigenvalue weighted by molar-refractivity contribution is 5.85. The van der Waals surface area contributed by atoms with Gasteiger partial charge in [-0.25, -0.2) is 19.9 Å². The van der Waals surface area contributed by atoms with Gasteiger partial charge in [-0.15, -0.1) is 0 Å². The summed E-state index contributed by atoms with van der Waals surface area (Å²) in [5.74, 6) is 0.931. The second kappa shape index (κ2) is 9.13. The lowest BCUT2D eigenvalue weighted by Gasteiger charge is -2.17. The number of imidazole rings is 1. The number of ether oxygens (including phenoxy) is 3. The van der Waals surface area contributed by atoms with Crippen LogP contribution >= 0.6 is 0 Å². The summed E-state index contributed by atoms with van der Waals surface area (Å²) in [4.78, 5) is 29.9. The smallest absolute Gasteiger partial charge is 0.256 e. The second-order valence-corrected chi connectivity index (χ2v) is 7.23. The number of aliphatic hydroxyl groups is 2. The lowest BCUT2D eigenvalue weighted by atomic mass is 10.1. The van der Waals surface area contributed by atoms with Crippen LogP contribution in [0.25, 0.3) is 22.6 Å². The van der Waals surface area contributed by atoms with E-state index >= 15 is 0 Å². The topological polar surface area (TPSA) is 166 Å². The maximum absolute atomic E-state index is 12.2. The molecule has 176 valence electrons. The molecule has 1 fully saturated rings. The van der Waals surface area contributed by atoms with E-state index in [-0.39, 0.29) is 0 Å². The lowest BCUT2D eigenvalue weighted by Crippen LogP contribution is -2.42. The first kappa shape index (κ1) is 22.6. The zero-order valence-electron chi connectivity index (χ0n) is 18.5. The number of aliphatic hydroxyl groups excluding tert-OH is 2.